The average Bonchev–Trinajstić information content (AvgIpc) is 2.47. The van der Waals surface area contributed by atoms with Crippen LogP contribution in [0.4, 0.5) is 0 Å². The first-order valence-corrected chi connectivity index (χ1v) is 10.5. The Morgan fingerprint density at radius 3 is 2.57 bits per heavy atom. The number of hydrogen-bond donors (Lipinski definition) is 1. The maximum absolute atomic E-state index is 12.4. The molecule has 0 bridgehead atoms. The summed E-state index contributed by atoms with van der Waals surface area (Å²) in [6.07, 6.45) is 4.30. The lowest BCUT2D eigenvalue weighted by Crippen LogP contribution is -2.42. The molecule has 0 radical (unpaired) electrons. The van der Waals surface area contributed by atoms with E-state index in [0.29, 0.717) is 5.92 Å². The lowest BCUT2D eigenvalue weighted by atomic mass is 9.87. The highest BCUT2D eigenvalue weighted by Crippen LogP contribution is 2.24. The molecule has 1 amide bonds. The van der Waals surface area contributed by atoms with Crippen LogP contribution < -0.4 is 5.32 Å². The van der Waals surface area contributed by atoms with Crippen LogP contribution >= 0.6 is 15.9 Å². The van der Waals surface area contributed by atoms with E-state index in [-0.39, 0.29) is 22.6 Å². The van der Waals surface area contributed by atoms with Gasteiger partial charge in [0.05, 0.1) is 10.6 Å². The Labute approximate surface area is 147 Å². The van der Waals surface area contributed by atoms with Gasteiger partial charge in [-0.2, -0.15) is 0 Å². The zero-order chi connectivity index (χ0) is 17.0. The molecule has 1 saturated carbocycles. The van der Waals surface area contributed by atoms with Crippen LogP contribution in [0.3, 0.4) is 0 Å². The molecular formula is C17H24BrNO3S. The summed E-state index contributed by atoms with van der Waals surface area (Å²) in [5.74, 6) is -0.260. The molecule has 0 aromatic heterocycles. The summed E-state index contributed by atoms with van der Waals surface area (Å²) in [6.45, 7) is 3.87. The van der Waals surface area contributed by atoms with Crippen LogP contribution in [0.2, 0.25) is 0 Å². The summed E-state index contributed by atoms with van der Waals surface area (Å²) in [5, 5.41) is 3.02. The number of carbonyl (C=O) groups is 1. The van der Waals surface area contributed by atoms with Crippen LogP contribution in [0.15, 0.2) is 33.6 Å². The molecule has 1 N–H and O–H groups in total. The molecule has 1 aliphatic carbocycles. The highest BCUT2D eigenvalue weighted by molar-refractivity contribution is 9.10. The second kappa shape index (κ2) is 7.79. The fraction of sp³-hybridized carbons (Fsp3) is 0.588. The number of sulfone groups is 1. The molecule has 0 unspecified atom stereocenters. The van der Waals surface area contributed by atoms with Gasteiger partial charge in [-0.15, -0.1) is 0 Å². The van der Waals surface area contributed by atoms with Crippen molar-refractivity contribution >= 4 is 31.7 Å². The van der Waals surface area contributed by atoms with Gasteiger partial charge in [0.25, 0.3) is 0 Å². The first-order chi connectivity index (χ1) is 10.8. The first-order valence-electron chi connectivity index (χ1n) is 8.06. The summed E-state index contributed by atoms with van der Waals surface area (Å²) >= 11 is 3.29. The van der Waals surface area contributed by atoms with E-state index in [1.54, 1.807) is 31.2 Å². The third-order valence-corrected chi connectivity index (χ3v) is 6.83. The van der Waals surface area contributed by atoms with Gasteiger partial charge in [0, 0.05) is 16.4 Å². The van der Waals surface area contributed by atoms with Crippen molar-refractivity contribution < 1.29 is 13.2 Å². The Hall–Kier alpha value is -0.880. The Bertz CT molecular complexity index is 642. The third kappa shape index (κ3) is 5.31. The number of carbonyl (C=O) groups excluding carboxylic acids is 1. The lowest BCUT2D eigenvalue weighted by molar-refractivity contribution is -0.124. The summed E-state index contributed by atoms with van der Waals surface area (Å²) < 4.78 is 25.6. The van der Waals surface area contributed by atoms with E-state index < -0.39 is 15.8 Å². The van der Waals surface area contributed by atoms with Crippen LogP contribution in [0, 0.1) is 11.8 Å². The molecule has 0 aliphatic heterocycles. The van der Waals surface area contributed by atoms with Gasteiger partial charge in [0.15, 0.2) is 9.84 Å². The molecule has 23 heavy (non-hydrogen) atoms. The van der Waals surface area contributed by atoms with Gasteiger partial charge in [-0.3, -0.25) is 4.79 Å². The van der Waals surface area contributed by atoms with Crippen molar-refractivity contribution in [2.75, 3.05) is 5.75 Å². The quantitative estimate of drug-likeness (QED) is 0.819. The van der Waals surface area contributed by atoms with Crippen LogP contribution in [0.25, 0.3) is 0 Å². The molecule has 1 aromatic carbocycles. The molecule has 1 aromatic rings. The van der Waals surface area contributed by atoms with Crippen LogP contribution in [-0.4, -0.2) is 26.1 Å². The second-order valence-corrected chi connectivity index (χ2v) is 9.56. The number of benzene rings is 1. The van der Waals surface area contributed by atoms with Crippen molar-refractivity contribution in [3.63, 3.8) is 0 Å². The molecule has 3 atom stereocenters. The minimum absolute atomic E-state index is 0.162. The van der Waals surface area contributed by atoms with E-state index >= 15 is 0 Å². The van der Waals surface area contributed by atoms with Crippen molar-refractivity contribution in [3.05, 3.63) is 28.7 Å². The molecule has 2 rings (SSSR count). The van der Waals surface area contributed by atoms with Gasteiger partial charge in [-0.05, 0) is 43.0 Å². The van der Waals surface area contributed by atoms with Crippen LogP contribution in [0.5, 0.6) is 0 Å². The van der Waals surface area contributed by atoms with E-state index in [1.807, 2.05) is 0 Å². The Morgan fingerprint density at radius 1 is 1.30 bits per heavy atom. The van der Waals surface area contributed by atoms with Crippen molar-refractivity contribution in [2.45, 2.75) is 50.5 Å². The molecule has 0 saturated heterocycles. The minimum atomic E-state index is -3.45. The molecule has 6 heteroatoms. The van der Waals surface area contributed by atoms with Gasteiger partial charge in [0.1, 0.15) is 0 Å². The highest BCUT2D eigenvalue weighted by atomic mass is 79.9. The Balaban J connectivity index is 1.95. The standard InChI is InChI=1S/C17H24BrNO3S/c1-12-4-3-5-15(10-12)19-17(20)13(2)11-23(21,22)16-8-6-14(18)7-9-16/h6-9,12-13,15H,3-5,10-11H2,1-2H3,(H,19,20)/t12-,13+,15-/m1/s1. The lowest BCUT2D eigenvalue weighted by Gasteiger charge is -2.28. The highest BCUT2D eigenvalue weighted by Gasteiger charge is 2.26. The second-order valence-electron chi connectivity index (χ2n) is 6.61. The molecule has 1 fully saturated rings. The van der Waals surface area contributed by atoms with Gasteiger partial charge >= 0.3 is 0 Å². The molecule has 0 heterocycles. The summed E-state index contributed by atoms with van der Waals surface area (Å²) in [6, 6.07) is 6.70. The normalized spacial score (nSPS) is 23.3. The monoisotopic (exact) mass is 401 g/mol. The number of hydrogen-bond acceptors (Lipinski definition) is 3. The van der Waals surface area contributed by atoms with Crippen molar-refractivity contribution in [2.24, 2.45) is 11.8 Å². The molecular weight excluding hydrogens is 378 g/mol. The topological polar surface area (TPSA) is 63.2 Å². The molecule has 128 valence electrons. The van der Waals surface area contributed by atoms with Gasteiger partial charge in [0.2, 0.25) is 5.91 Å². The number of rotatable bonds is 5. The van der Waals surface area contributed by atoms with E-state index in [2.05, 4.69) is 28.2 Å². The Kier molecular flexibility index (Phi) is 6.26. The van der Waals surface area contributed by atoms with E-state index in [9.17, 15) is 13.2 Å². The van der Waals surface area contributed by atoms with E-state index in [1.165, 1.54) is 6.42 Å². The zero-order valence-electron chi connectivity index (χ0n) is 13.6. The summed E-state index contributed by atoms with van der Waals surface area (Å²) in [7, 11) is -3.45. The average molecular weight is 402 g/mol. The number of nitrogens with one attached hydrogen (secondary N) is 1. The summed E-state index contributed by atoms with van der Waals surface area (Å²) in [5.41, 5.74) is 0. The third-order valence-electron chi connectivity index (χ3n) is 4.37. The Morgan fingerprint density at radius 2 is 1.96 bits per heavy atom. The van der Waals surface area contributed by atoms with Gasteiger partial charge in [-0.1, -0.05) is 42.6 Å². The van der Waals surface area contributed by atoms with E-state index in [4.69, 9.17) is 0 Å². The van der Waals surface area contributed by atoms with Crippen molar-refractivity contribution in [1.82, 2.24) is 5.32 Å². The van der Waals surface area contributed by atoms with Crippen LogP contribution in [-0.2, 0) is 14.6 Å². The maximum Gasteiger partial charge on any atom is 0.224 e. The molecule has 4 nitrogen and oxygen atoms in total. The SMILES string of the molecule is C[C@@H]1CCC[C@@H](NC(=O)[C@@H](C)CS(=O)(=O)c2ccc(Br)cc2)C1. The number of amides is 1. The van der Waals surface area contributed by atoms with Gasteiger partial charge < -0.3 is 5.32 Å². The predicted molar refractivity (Wildman–Crippen MR) is 94.9 cm³/mol. The first kappa shape index (κ1) is 18.5. The van der Waals surface area contributed by atoms with Crippen LogP contribution in [0.1, 0.15) is 39.5 Å². The zero-order valence-corrected chi connectivity index (χ0v) is 16.0. The smallest absolute Gasteiger partial charge is 0.224 e. The van der Waals surface area contributed by atoms with Crippen molar-refractivity contribution in [3.8, 4) is 0 Å². The fourth-order valence-electron chi connectivity index (χ4n) is 3.05. The summed E-state index contributed by atoms with van der Waals surface area (Å²) in [4.78, 5) is 12.6. The molecule has 0 spiro atoms. The fourth-order valence-corrected chi connectivity index (χ4v) is 4.87. The molecule has 1 aliphatic rings. The maximum atomic E-state index is 12.4. The van der Waals surface area contributed by atoms with E-state index in [0.717, 1.165) is 23.7 Å². The number of halogens is 1. The predicted octanol–water partition coefficient (Wildman–Crippen LogP) is 3.55. The van der Waals surface area contributed by atoms with Gasteiger partial charge in [-0.25, -0.2) is 8.42 Å². The minimum Gasteiger partial charge on any atom is -0.353 e. The largest absolute Gasteiger partial charge is 0.353 e. The van der Waals surface area contributed by atoms with Crippen molar-refractivity contribution in [1.29, 1.82) is 0 Å².